The van der Waals surface area contributed by atoms with E-state index in [-0.39, 0.29) is 42.5 Å². The predicted molar refractivity (Wildman–Crippen MR) is 143 cm³/mol. The van der Waals surface area contributed by atoms with E-state index in [1.807, 2.05) is 0 Å². The number of esters is 1. The number of hydrogen-bond acceptors (Lipinski definition) is 12. The van der Waals surface area contributed by atoms with E-state index < -0.39 is 47.3 Å². The largest absolute Gasteiger partial charge is 1.00 e. The average Bonchev–Trinajstić information content (AvgIpc) is 2.88. The normalized spacial score (nSPS) is 14.2. The molecule has 0 saturated heterocycles. The summed E-state index contributed by atoms with van der Waals surface area (Å²) in [6.45, 7) is 1.99. The van der Waals surface area contributed by atoms with Crippen LogP contribution in [-0.2, 0) is 28.9 Å². The van der Waals surface area contributed by atoms with E-state index in [9.17, 15) is 27.7 Å². The zero-order valence-electron chi connectivity index (χ0n) is 23.9. The zero-order valence-corrected chi connectivity index (χ0v) is 26.7. The van der Waals surface area contributed by atoms with Crippen LogP contribution in [0.4, 0.5) is 0 Å². The molecule has 0 amide bonds. The Balaban J connectivity index is -0.000000648. The van der Waals surface area contributed by atoms with Gasteiger partial charge in [0.2, 0.25) is 10.4 Å². The van der Waals surface area contributed by atoms with Crippen molar-refractivity contribution in [3.63, 3.8) is 0 Å². The van der Waals surface area contributed by atoms with Crippen LogP contribution < -0.4 is 41.0 Å². The molecule has 0 aliphatic carbocycles. The summed E-state index contributed by atoms with van der Waals surface area (Å²) in [6, 6.07) is -0.924. The Bertz CT molecular complexity index is 673. The minimum Gasteiger partial charge on any atom is -0.726 e. The van der Waals surface area contributed by atoms with Gasteiger partial charge >= 0.3 is 35.5 Å². The first-order valence-electron chi connectivity index (χ1n) is 13.7. The zero-order chi connectivity index (χ0) is 29.2. The fourth-order valence-corrected chi connectivity index (χ4v) is 3.78. The monoisotopic (exact) mass is 594 g/mol. The molecule has 0 rings (SSSR count). The molecule has 7 N–H and O–H groups in total. The average molecular weight is 595 g/mol. The number of carbonyl (C=O) groups excluding carboxylic acids is 2. The third-order valence-electron chi connectivity index (χ3n) is 5.80. The summed E-state index contributed by atoms with van der Waals surface area (Å²) >= 11 is 0. The van der Waals surface area contributed by atoms with Crippen molar-refractivity contribution in [2.75, 3.05) is 19.8 Å². The third kappa shape index (κ3) is 29.1. The van der Waals surface area contributed by atoms with Crippen LogP contribution in [-0.4, -0.2) is 84.7 Å². The molecule has 0 aromatic heterocycles. The summed E-state index contributed by atoms with van der Waals surface area (Å²) in [6.07, 6.45) is 11.6. The number of aldehydes is 1. The molecule has 0 fully saturated rings. The molecule has 14 heteroatoms. The smallest absolute Gasteiger partial charge is 0.726 e. The Kier molecular flexibility index (Phi) is 32.5. The van der Waals surface area contributed by atoms with E-state index in [1.54, 1.807) is 0 Å². The van der Waals surface area contributed by atoms with Crippen molar-refractivity contribution in [2.24, 2.45) is 11.5 Å². The van der Waals surface area contributed by atoms with Gasteiger partial charge in [-0.15, -0.1) is 0 Å². The van der Waals surface area contributed by atoms with E-state index in [1.165, 1.54) is 57.8 Å². The van der Waals surface area contributed by atoms with Crippen molar-refractivity contribution < 1.29 is 76.4 Å². The van der Waals surface area contributed by atoms with Crippen molar-refractivity contribution >= 4 is 22.7 Å². The number of rotatable bonds is 24. The summed E-state index contributed by atoms with van der Waals surface area (Å²) in [5.41, 5.74) is 10.8. The SMILES string of the molecule is CCCCCCCCCCCCCCOS(=O)(=O)[O-].NCCCC[C@H](N)C(=O)O[C@@H](C=O)[C@@H](O)[C@H](O)CO.[Na+]. The van der Waals surface area contributed by atoms with Gasteiger partial charge in [-0.3, -0.25) is 13.8 Å². The summed E-state index contributed by atoms with van der Waals surface area (Å²) in [7, 11) is -4.49. The minimum absolute atomic E-state index is 0. The van der Waals surface area contributed by atoms with Crippen molar-refractivity contribution in [1.82, 2.24) is 0 Å². The Morgan fingerprint density at radius 3 is 1.82 bits per heavy atom. The number of nitrogens with two attached hydrogens (primary N) is 2. The van der Waals surface area contributed by atoms with Crippen LogP contribution >= 0.6 is 0 Å². The molecular formula is C25H51N2NaO10S. The first kappa shape index (κ1) is 43.3. The first-order chi connectivity index (χ1) is 18.0. The van der Waals surface area contributed by atoms with Gasteiger partial charge in [0.1, 0.15) is 18.2 Å². The molecule has 0 unspecified atom stereocenters. The van der Waals surface area contributed by atoms with Crippen LogP contribution in [0.5, 0.6) is 0 Å². The molecule has 0 aliphatic rings. The van der Waals surface area contributed by atoms with Crippen molar-refractivity contribution in [1.29, 1.82) is 0 Å². The fourth-order valence-electron chi connectivity index (χ4n) is 3.46. The predicted octanol–water partition coefficient (Wildman–Crippen LogP) is -1.56. The van der Waals surface area contributed by atoms with Crippen LogP contribution in [0.2, 0.25) is 0 Å². The Morgan fingerprint density at radius 2 is 1.41 bits per heavy atom. The van der Waals surface area contributed by atoms with E-state index in [4.69, 9.17) is 26.4 Å². The Hall–Kier alpha value is -0.190. The van der Waals surface area contributed by atoms with Crippen LogP contribution in [0.25, 0.3) is 0 Å². The topological polar surface area (TPSA) is 223 Å². The van der Waals surface area contributed by atoms with Gasteiger partial charge < -0.3 is 36.1 Å². The van der Waals surface area contributed by atoms with Crippen LogP contribution in [0.3, 0.4) is 0 Å². The van der Waals surface area contributed by atoms with Crippen LogP contribution in [0.15, 0.2) is 0 Å². The molecule has 0 saturated carbocycles. The summed E-state index contributed by atoms with van der Waals surface area (Å²) in [5, 5.41) is 27.2. The summed E-state index contributed by atoms with van der Waals surface area (Å²) in [5.74, 6) is -0.849. The number of ether oxygens (including phenoxy) is 1. The summed E-state index contributed by atoms with van der Waals surface area (Å²) < 4.78 is 39.3. The Labute approximate surface area is 256 Å². The quantitative estimate of drug-likeness (QED) is 0.0214. The van der Waals surface area contributed by atoms with Gasteiger partial charge in [-0.1, -0.05) is 84.0 Å². The molecule has 12 nitrogen and oxygen atoms in total. The molecule has 0 aromatic rings. The van der Waals surface area contributed by atoms with Gasteiger partial charge in [0, 0.05) is 0 Å². The number of carbonyl (C=O) groups is 2. The molecule has 39 heavy (non-hydrogen) atoms. The third-order valence-corrected chi connectivity index (χ3v) is 6.26. The minimum atomic E-state index is -4.49. The standard InChI is InChI=1S/C14H30O4S.C11H22N2O6.Na/c1-2-3-4-5-6-7-8-9-10-11-12-13-14-18-19(15,16)17;12-4-2-1-3-7(13)11(18)19-9(6-15)10(17)8(16)5-14;/h2-14H2,1H3,(H,15,16,17);6-10,14,16-17H,1-5,12-13H2;/q;;+1/p-1/t;7-,8+,9-,10-;/m.0./s1. The molecule has 0 heterocycles. The molecule has 0 spiro atoms. The second-order valence-corrected chi connectivity index (χ2v) is 10.3. The van der Waals surface area contributed by atoms with Gasteiger partial charge in [0.25, 0.3) is 0 Å². The molecule has 0 bridgehead atoms. The second-order valence-electron chi connectivity index (χ2n) is 9.29. The fraction of sp³-hybridized carbons (Fsp3) is 0.920. The van der Waals surface area contributed by atoms with Crippen molar-refractivity contribution in [2.45, 2.75) is 128 Å². The second kappa shape index (κ2) is 29.3. The number of aliphatic hydroxyl groups is 3. The van der Waals surface area contributed by atoms with E-state index in [2.05, 4.69) is 11.1 Å². The Morgan fingerprint density at radius 1 is 0.923 bits per heavy atom. The molecule has 0 radical (unpaired) electrons. The van der Waals surface area contributed by atoms with Crippen LogP contribution in [0.1, 0.15) is 103 Å². The summed E-state index contributed by atoms with van der Waals surface area (Å²) in [4.78, 5) is 22.2. The molecular weight excluding hydrogens is 543 g/mol. The number of unbranched alkanes of at least 4 members (excludes halogenated alkanes) is 12. The van der Waals surface area contributed by atoms with Gasteiger partial charge in [0.15, 0.2) is 12.4 Å². The van der Waals surface area contributed by atoms with Crippen molar-refractivity contribution in [3.8, 4) is 0 Å². The van der Waals surface area contributed by atoms with E-state index in [0.717, 1.165) is 12.8 Å². The maximum Gasteiger partial charge on any atom is 1.00 e. The van der Waals surface area contributed by atoms with Crippen LogP contribution in [0, 0.1) is 0 Å². The maximum atomic E-state index is 11.5. The molecule has 4 atom stereocenters. The molecule has 0 aromatic carbocycles. The first-order valence-corrected chi connectivity index (χ1v) is 15.1. The number of hydrogen-bond donors (Lipinski definition) is 5. The van der Waals surface area contributed by atoms with Gasteiger partial charge in [-0.05, 0) is 25.8 Å². The molecule has 0 aliphatic heterocycles. The van der Waals surface area contributed by atoms with Gasteiger partial charge in [0.05, 0.1) is 13.2 Å². The van der Waals surface area contributed by atoms with Gasteiger partial charge in [-0.2, -0.15) is 0 Å². The molecule has 228 valence electrons. The number of aliphatic hydroxyl groups excluding tert-OH is 3. The van der Waals surface area contributed by atoms with Gasteiger partial charge in [-0.25, -0.2) is 8.42 Å². The van der Waals surface area contributed by atoms with E-state index in [0.29, 0.717) is 32.2 Å². The maximum absolute atomic E-state index is 11.5. The van der Waals surface area contributed by atoms with E-state index >= 15 is 0 Å². The van der Waals surface area contributed by atoms with Crippen molar-refractivity contribution in [3.05, 3.63) is 0 Å².